The molecule has 0 aliphatic carbocycles. The van der Waals surface area contributed by atoms with Gasteiger partial charge >= 0.3 is 5.97 Å². The van der Waals surface area contributed by atoms with Crippen molar-refractivity contribution in [2.75, 3.05) is 13.2 Å². The number of ether oxygens (including phenoxy) is 1. The molecule has 0 saturated carbocycles. The average Bonchev–Trinajstić information content (AvgIpc) is 2.55. The van der Waals surface area contributed by atoms with Crippen LogP contribution in [0.5, 0.6) is 0 Å². The lowest BCUT2D eigenvalue weighted by atomic mass is 10.1. The lowest BCUT2D eigenvalue weighted by molar-refractivity contribution is -0.124. The van der Waals surface area contributed by atoms with E-state index in [1.807, 2.05) is 18.2 Å². The molecule has 0 unspecified atom stereocenters. The molecule has 2 aromatic carbocycles. The summed E-state index contributed by atoms with van der Waals surface area (Å²) in [4.78, 5) is 23.4. The first-order valence-corrected chi connectivity index (χ1v) is 7.78. The van der Waals surface area contributed by atoms with Crippen LogP contribution < -0.4 is 5.32 Å². The Morgan fingerprint density at radius 1 is 1.21 bits per heavy atom. The Hall–Kier alpha value is -2.40. The van der Waals surface area contributed by atoms with Crippen molar-refractivity contribution in [3.63, 3.8) is 0 Å². The van der Waals surface area contributed by atoms with E-state index < -0.39 is 24.3 Å². The Morgan fingerprint density at radius 2 is 2.00 bits per heavy atom. The lowest BCUT2D eigenvalue weighted by Gasteiger charge is -2.07. The largest absolute Gasteiger partial charge is 0.452 e. The van der Waals surface area contributed by atoms with Gasteiger partial charge in [-0.2, -0.15) is 0 Å². The molecule has 0 radical (unpaired) electrons. The number of aryl methyl sites for hydroxylation is 1. The van der Waals surface area contributed by atoms with Gasteiger partial charge in [-0.3, -0.25) is 4.79 Å². The van der Waals surface area contributed by atoms with Crippen LogP contribution in [0.3, 0.4) is 0 Å². The minimum atomic E-state index is -0.737. The van der Waals surface area contributed by atoms with Gasteiger partial charge in [-0.05, 0) is 48.7 Å². The molecule has 0 aliphatic heterocycles. The molecule has 24 heavy (non-hydrogen) atoms. The van der Waals surface area contributed by atoms with Gasteiger partial charge in [0, 0.05) is 11.6 Å². The summed E-state index contributed by atoms with van der Waals surface area (Å²) in [5, 5.41) is 3.28. The van der Waals surface area contributed by atoms with Crippen molar-refractivity contribution in [1.29, 1.82) is 0 Å². The number of benzene rings is 2. The molecule has 0 aliphatic rings. The smallest absolute Gasteiger partial charge is 0.338 e. The van der Waals surface area contributed by atoms with Gasteiger partial charge in [0.1, 0.15) is 5.82 Å². The summed E-state index contributed by atoms with van der Waals surface area (Å²) >= 11 is 5.88. The second-order valence-electron chi connectivity index (χ2n) is 5.27. The predicted octanol–water partition coefficient (Wildman–Crippen LogP) is 3.30. The summed E-state index contributed by atoms with van der Waals surface area (Å²) in [5.74, 6) is -1.65. The maximum Gasteiger partial charge on any atom is 0.338 e. The average molecular weight is 350 g/mol. The monoisotopic (exact) mass is 349 g/mol. The Balaban J connectivity index is 1.74. The van der Waals surface area contributed by atoms with Crippen molar-refractivity contribution in [3.05, 3.63) is 70.0 Å². The molecule has 0 bridgehead atoms. The maximum absolute atomic E-state index is 13.4. The second-order valence-corrected chi connectivity index (χ2v) is 5.71. The van der Waals surface area contributed by atoms with E-state index in [4.69, 9.17) is 16.3 Å². The fourth-order valence-corrected chi connectivity index (χ4v) is 2.24. The van der Waals surface area contributed by atoms with Crippen molar-refractivity contribution >= 4 is 23.5 Å². The highest BCUT2D eigenvalue weighted by Crippen LogP contribution is 2.11. The number of esters is 1. The molecular formula is C18H17ClFNO3. The fourth-order valence-electron chi connectivity index (χ4n) is 2.02. The summed E-state index contributed by atoms with van der Waals surface area (Å²) in [7, 11) is 0. The minimum Gasteiger partial charge on any atom is -0.452 e. The van der Waals surface area contributed by atoms with Crippen LogP contribution in [0.25, 0.3) is 0 Å². The highest BCUT2D eigenvalue weighted by molar-refractivity contribution is 6.30. The first kappa shape index (κ1) is 17.9. The van der Waals surface area contributed by atoms with E-state index in [0.29, 0.717) is 23.6 Å². The van der Waals surface area contributed by atoms with Crippen LogP contribution in [0.2, 0.25) is 5.02 Å². The van der Waals surface area contributed by atoms with Crippen LogP contribution in [0.1, 0.15) is 21.5 Å². The summed E-state index contributed by atoms with van der Waals surface area (Å²) in [5.41, 5.74) is 1.50. The number of carbonyl (C=O) groups is 2. The van der Waals surface area contributed by atoms with E-state index in [2.05, 4.69) is 5.32 Å². The summed E-state index contributed by atoms with van der Waals surface area (Å²) in [6.45, 7) is 1.58. The molecule has 1 amide bonds. The van der Waals surface area contributed by atoms with E-state index in [-0.39, 0.29) is 5.56 Å². The molecule has 1 N–H and O–H groups in total. The van der Waals surface area contributed by atoms with Crippen LogP contribution in [0, 0.1) is 12.7 Å². The molecule has 0 saturated heterocycles. The number of nitrogens with one attached hydrogen (secondary N) is 1. The summed E-state index contributed by atoms with van der Waals surface area (Å²) < 4.78 is 18.3. The zero-order valence-corrected chi connectivity index (χ0v) is 13.9. The van der Waals surface area contributed by atoms with E-state index >= 15 is 0 Å². The molecule has 126 valence electrons. The summed E-state index contributed by atoms with van der Waals surface area (Å²) in [6, 6.07) is 11.4. The normalized spacial score (nSPS) is 10.3. The van der Waals surface area contributed by atoms with E-state index in [1.165, 1.54) is 12.1 Å². The molecule has 6 heteroatoms. The van der Waals surface area contributed by atoms with Crippen LogP contribution in [-0.2, 0) is 16.0 Å². The quantitative estimate of drug-likeness (QED) is 0.814. The Morgan fingerprint density at radius 3 is 2.71 bits per heavy atom. The highest BCUT2D eigenvalue weighted by Gasteiger charge is 2.11. The Kier molecular flexibility index (Phi) is 6.32. The molecule has 4 nitrogen and oxygen atoms in total. The fraction of sp³-hybridized carbons (Fsp3) is 0.222. The number of amides is 1. The summed E-state index contributed by atoms with van der Waals surface area (Å²) in [6.07, 6.45) is 0.615. The molecule has 0 aromatic heterocycles. The van der Waals surface area contributed by atoms with E-state index in [0.717, 1.165) is 11.6 Å². The van der Waals surface area contributed by atoms with Gasteiger partial charge in [-0.25, -0.2) is 9.18 Å². The molecule has 2 rings (SSSR count). The van der Waals surface area contributed by atoms with Gasteiger partial charge in [-0.1, -0.05) is 29.8 Å². The van der Waals surface area contributed by atoms with Gasteiger partial charge in [0.15, 0.2) is 6.61 Å². The van der Waals surface area contributed by atoms with E-state index in [1.54, 1.807) is 13.0 Å². The van der Waals surface area contributed by atoms with Crippen molar-refractivity contribution in [2.45, 2.75) is 13.3 Å². The standard InChI is InChI=1S/C18H17ClFNO3/c1-12-5-6-14(10-16(12)20)18(23)24-11-17(22)21-8-7-13-3-2-4-15(19)9-13/h2-6,9-10H,7-8,11H2,1H3,(H,21,22). The molecule has 0 spiro atoms. The molecule has 0 atom stereocenters. The van der Waals surface area contributed by atoms with Gasteiger partial charge in [-0.15, -0.1) is 0 Å². The van der Waals surface area contributed by atoms with Crippen molar-refractivity contribution < 1.29 is 18.7 Å². The van der Waals surface area contributed by atoms with Gasteiger partial charge in [0.25, 0.3) is 5.91 Å². The number of hydrogen-bond donors (Lipinski definition) is 1. The van der Waals surface area contributed by atoms with Gasteiger partial charge in [0.05, 0.1) is 5.56 Å². The minimum absolute atomic E-state index is 0.0739. The Bertz CT molecular complexity index is 749. The number of hydrogen-bond acceptors (Lipinski definition) is 3. The van der Waals surface area contributed by atoms with Gasteiger partial charge in [0.2, 0.25) is 0 Å². The van der Waals surface area contributed by atoms with Crippen molar-refractivity contribution in [1.82, 2.24) is 5.32 Å². The molecule has 0 heterocycles. The zero-order chi connectivity index (χ0) is 17.5. The number of halogens is 2. The van der Waals surface area contributed by atoms with E-state index in [9.17, 15) is 14.0 Å². The maximum atomic E-state index is 13.4. The van der Waals surface area contributed by atoms with Gasteiger partial charge < -0.3 is 10.1 Å². The third-order valence-corrected chi connectivity index (χ3v) is 3.60. The second kappa shape index (κ2) is 8.45. The third-order valence-electron chi connectivity index (χ3n) is 3.37. The Labute approximate surface area is 144 Å². The first-order chi connectivity index (χ1) is 11.5. The predicted molar refractivity (Wildman–Crippen MR) is 89.6 cm³/mol. The lowest BCUT2D eigenvalue weighted by Crippen LogP contribution is -2.30. The highest BCUT2D eigenvalue weighted by atomic mass is 35.5. The zero-order valence-electron chi connectivity index (χ0n) is 13.1. The molecular weight excluding hydrogens is 333 g/mol. The first-order valence-electron chi connectivity index (χ1n) is 7.40. The van der Waals surface area contributed by atoms with Crippen molar-refractivity contribution in [3.8, 4) is 0 Å². The SMILES string of the molecule is Cc1ccc(C(=O)OCC(=O)NCCc2cccc(Cl)c2)cc1F. The number of rotatable bonds is 6. The molecule has 0 fully saturated rings. The van der Waals surface area contributed by atoms with Crippen molar-refractivity contribution in [2.24, 2.45) is 0 Å². The van der Waals surface area contributed by atoms with Crippen LogP contribution in [0.4, 0.5) is 4.39 Å². The van der Waals surface area contributed by atoms with Crippen LogP contribution in [-0.4, -0.2) is 25.0 Å². The number of carbonyl (C=O) groups excluding carboxylic acids is 2. The molecule has 2 aromatic rings. The van der Waals surface area contributed by atoms with Crippen LogP contribution >= 0.6 is 11.6 Å². The van der Waals surface area contributed by atoms with Crippen LogP contribution in [0.15, 0.2) is 42.5 Å². The topological polar surface area (TPSA) is 55.4 Å². The third kappa shape index (κ3) is 5.35.